The van der Waals surface area contributed by atoms with Crippen LogP contribution < -0.4 is 15.0 Å². The number of methoxy groups -OCH3 is 1. The third kappa shape index (κ3) is 3.63. The molecule has 1 saturated heterocycles. The Morgan fingerprint density at radius 2 is 1.83 bits per heavy atom. The molecule has 0 radical (unpaired) electrons. The number of anilines is 1. The third-order valence-electron chi connectivity index (χ3n) is 4.20. The maximum absolute atomic E-state index is 12.8. The standard InChI is InChI=1S/C19H15N3O7/c1-10-3-5-12(6-4-10)21-18(25)13(17(24)20-19(21)26)7-11-8-14(22(27)28)16(23)15(9-11)29-2/h3-9,23H,1-2H3,(H,20,24,26)/b13-7-. The van der Waals surface area contributed by atoms with Gasteiger partial charge in [0, 0.05) is 6.07 Å². The lowest BCUT2D eigenvalue weighted by Crippen LogP contribution is -2.54. The first-order valence-corrected chi connectivity index (χ1v) is 8.26. The predicted octanol–water partition coefficient (Wildman–Crippen LogP) is 2.28. The number of phenolic OH excluding ortho intramolecular Hbond substituents is 1. The molecule has 0 aromatic heterocycles. The van der Waals surface area contributed by atoms with E-state index in [-0.39, 0.29) is 17.0 Å². The summed E-state index contributed by atoms with van der Waals surface area (Å²) in [6, 6.07) is 7.80. The number of phenols is 1. The molecule has 3 rings (SSSR count). The van der Waals surface area contributed by atoms with Gasteiger partial charge in [-0.25, -0.2) is 9.69 Å². The molecule has 0 atom stereocenters. The van der Waals surface area contributed by atoms with Crippen molar-refractivity contribution >= 4 is 35.3 Å². The average molecular weight is 397 g/mol. The molecule has 1 fully saturated rings. The molecule has 1 heterocycles. The van der Waals surface area contributed by atoms with Crippen LogP contribution in [-0.2, 0) is 9.59 Å². The van der Waals surface area contributed by atoms with E-state index in [9.17, 15) is 29.6 Å². The van der Waals surface area contributed by atoms with Gasteiger partial charge in [-0.3, -0.25) is 25.0 Å². The molecule has 0 unspecified atom stereocenters. The van der Waals surface area contributed by atoms with Gasteiger partial charge in [-0.1, -0.05) is 17.7 Å². The molecule has 29 heavy (non-hydrogen) atoms. The predicted molar refractivity (Wildman–Crippen MR) is 101 cm³/mol. The van der Waals surface area contributed by atoms with Crippen LogP contribution in [0.1, 0.15) is 11.1 Å². The Balaban J connectivity index is 2.08. The number of aryl methyl sites for hydroxylation is 1. The van der Waals surface area contributed by atoms with Crippen LogP contribution in [0.25, 0.3) is 6.08 Å². The summed E-state index contributed by atoms with van der Waals surface area (Å²) in [6.07, 6.45) is 1.08. The number of benzene rings is 2. The van der Waals surface area contributed by atoms with Crippen LogP contribution in [0.2, 0.25) is 0 Å². The Morgan fingerprint density at radius 3 is 2.41 bits per heavy atom. The molecule has 0 spiro atoms. The number of nitro groups is 1. The quantitative estimate of drug-likeness (QED) is 0.349. The van der Waals surface area contributed by atoms with Crippen molar-refractivity contribution in [3.63, 3.8) is 0 Å². The van der Waals surface area contributed by atoms with Gasteiger partial charge in [0.05, 0.1) is 17.7 Å². The minimum atomic E-state index is -0.946. The summed E-state index contributed by atoms with van der Waals surface area (Å²) in [5, 5.41) is 23.1. The van der Waals surface area contributed by atoms with E-state index in [1.807, 2.05) is 6.92 Å². The van der Waals surface area contributed by atoms with Crippen molar-refractivity contribution in [2.24, 2.45) is 0 Å². The van der Waals surface area contributed by atoms with Crippen LogP contribution >= 0.6 is 0 Å². The molecule has 1 aliphatic rings. The number of nitro benzene ring substituents is 1. The van der Waals surface area contributed by atoms with Gasteiger partial charge in [-0.05, 0) is 36.8 Å². The van der Waals surface area contributed by atoms with E-state index < -0.39 is 39.8 Å². The van der Waals surface area contributed by atoms with Crippen LogP contribution in [0, 0.1) is 17.0 Å². The van der Waals surface area contributed by atoms with Crippen LogP contribution in [0.4, 0.5) is 16.2 Å². The monoisotopic (exact) mass is 397 g/mol. The van der Waals surface area contributed by atoms with E-state index >= 15 is 0 Å². The second-order valence-electron chi connectivity index (χ2n) is 6.14. The number of ether oxygens (including phenoxy) is 1. The Labute approximate surface area is 164 Å². The molecule has 148 valence electrons. The van der Waals surface area contributed by atoms with E-state index in [2.05, 4.69) is 5.32 Å². The fourth-order valence-electron chi connectivity index (χ4n) is 2.74. The molecule has 0 aliphatic carbocycles. The van der Waals surface area contributed by atoms with Gasteiger partial charge in [0.25, 0.3) is 11.8 Å². The van der Waals surface area contributed by atoms with Crippen molar-refractivity contribution in [3.8, 4) is 11.5 Å². The number of imide groups is 2. The van der Waals surface area contributed by atoms with E-state index in [4.69, 9.17) is 4.74 Å². The molecular formula is C19H15N3O7. The van der Waals surface area contributed by atoms with Crippen LogP contribution in [-0.4, -0.2) is 35.0 Å². The molecular weight excluding hydrogens is 382 g/mol. The first-order chi connectivity index (χ1) is 13.7. The SMILES string of the molecule is COc1cc(/C=C2/C(=O)NC(=O)N(c3ccc(C)cc3)C2=O)cc([N+](=O)[O-])c1O. The van der Waals surface area contributed by atoms with Crippen molar-refractivity contribution in [2.75, 3.05) is 12.0 Å². The van der Waals surface area contributed by atoms with Crippen LogP contribution in [0.3, 0.4) is 0 Å². The highest BCUT2D eigenvalue weighted by Gasteiger charge is 2.37. The summed E-state index contributed by atoms with van der Waals surface area (Å²) >= 11 is 0. The first-order valence-electron chi connectivity index (χ1n) is 8.26. The summed E-state index contributed by atoms with van der Waals surface area (Å²) < 4.78 is 4.90. The number of amides is 4. The summed E-state index contributed by atoms with van der Waals surface area (Å²) in [5.41, 5.74) is 0.154. The van der Waals surface area contributed by atoms with Gasteiger partial charge in [-0.2, -0.15) is 0 Å². The molecule has 2 aromatic carbocycles. The number of rotatable bonds is 4. The summed E-state index contributed by atoms with van der Waals surface area (Å²) in [4.78, 5) is 48.4. The zero-order valence-electron chi connectivity index (χ0n) is 15.3. The molecule has 0 bridgehead atoms. The van der Waals surface area contributed by atoms with Gasteiger partial charge in [0.15, 0.2) is 5.75 Å². The highest BCUT2D eigenvalue weighted by atomic mass is 16.6. The smallest absolute Gasteiger partial charge is 0.335 e. The average Bonchev–Trinajstić information content (AvgIpc) is 2.67. The molecule has 10 nitrogen and oxygen atoms in total. The lowest BCUT2D eigenvalue weighted by Gasteiger charge is -2.26. The minimum absolute atomic E-state index is 0.0584. The van der Waals surface area contributed by atoms with Gasteiger partial charge >= 0.3 is 11.7 Å². The number of nitrogens with one attached hydrogen (secondary N) is 1. The zero-order valence-corrected chi connectivity index (χ0v) is 15.3. The lowest BCUT2D eigenvalue weighted by atomic mass is 10.1. The van der Waals surface area contributed by atoms with Gasteiger partial charge in [0.1, 0.15) is 5.57 Å². The van der Waals surface area contributed by atoms with Crippen LogP contribution in [0.15, 0.2) is 42.0 Å². The molecule has 10 heteroatoms. The number of barbiturate groups is 1. The molecule has 1 aliphatic heterocycles. The Bertz CT molecular complexity index is 1070. The van der Waals surface area contributed by atoms with E-state index in [0.29, 0.717) is 0 Å². The molecule has 4 amide bonds. The Morgan fingerprint density at radius 1 is 1.17 bits per heavy atom. The van der Waals surface area contributed by atoms with Crippen LogP contribution in [0.5, 0.6) is 11.5 Å². The topological polar surface area (TPSA) is 139 Å². The lowest BCUT2D eigenvalue weighted by molar-refractivity contribution is -0.386. The molecule has 2 aromatic rings. The number of carbonyl (C=O) groups excluding carboxylic acids is 3. The van der Waals surface area contributed by atoms with Gasteiger partial charge in [0.2, 0.25) is 5.75 Å². The third-order valence-corrected chi connectivity index (χ3v) is 4.20. The summed E-state index contributed by atoms with van der Waals surface area (Å²) in [6.45, 7) is 1.84. The number of nitrogens with zero attached hydrogens (tertiary/aromatic N) is 2. The number of hydrogen-bond donors (Lipinski definition) is 2. The van der Waals surface area contributed by atoms with E-state index in [0.717, 1.165) is 22.6 Å². The zero-order chi connectivity index (χ0) is 21.3. The first kappa shape index (κ1) is 19.5. The number of hydrogen-bond acceptors (Lipinski definition) is 7. The number of aromatic hydroxyl groups is 1. The van der Waals surface area contributed by atoms with Crippen molar-refractivity contribution in [3.05, 3.63) is 63.2 Å². The highest BCUT2D eigenvalue weighted by Crippen LogP contribution is 2.37. The second-order valence-corrected chi connectivity index (χ2v) is 6.14. The van der Waals surface area contributed by atoms with Crippen molar-refractivity contribution < 1.29 is 29.2 Å². The van der Waals surface area contributed by atoms with Gasteiger partial charge in [-0.15, -0.1) is 0 Å². The second kappa shape index (κ2) is 7.43. The largest absolute Gasteiger partial charge is 0.500 e. The Hall–Kier alpha value is -4.21. The minimum Gasteiger partial charge on any atom is -0.500 e. The normalized spacial score (nSPS) is 15.4. The molecule has 0 saturated carbocycles. The van der Waals surface area contributed by atoms with Crippen molar-refractivity contribution in [1.82, 2.24) is 5.32 Å². The maximum atomic E-state index is 12.8. The fourth-order valence-corrected chi connectivity index (χ4v) is 2.74. The van der Waals surface area contributed by atoms with Crippen molar-refractivity contribution in [1.29, 1.82) is 0 Å². The maximum Gasteiger partial charge on any atom is 0.335 e. The van der Waals surface area contributed by atoms with E-state index in [1.165, 1.54) is 13.2 Å². The van der Waals surface area contributed by atoms with Gasteiger partial charge < -0.3 is 9.84 Å². The van der Waals surface area contributed by atoms with E-state index in [1.54, 1.807) is 24.3 Å². The fraction of sp³-hybridized carbons (Fsp3) is 0.105. The number of carbonyl (C=O) groups is 3. The highest BCUT2D eigenvalue weighted by molar-refractivity contribution is 6.39. The molecule has 2 N–H and O–H groups in total. The Kier molecular flexibility index (Phi) is 5.01. The van der Waals surface area contributed by atoms with Crippen molar-refractivity contribution in [2.45, 2.75) is 6.92 Å². The summed E-state index contributed by atoms with van der Waals surface area (Å²) in [5.74, 6) is -2.73. The number of urea groups is 1. The summed E-state index contributed by atoms with van der Waals surface area (Å²) in [7, 11) is 1.20.